The molecule has 2 nitrogen and oxygen atoms in total. The molecule has 2 aromatic carbocycles. The number of aliphatic hydroxyl groups excluding tert-OH is 1. The monoisotopic (exact) mass is 331 g/mol. The number of rotatable bonds is 5. The second-order valence-electron chi connectivity index (χ2n) is 5.33. The first-order valence-corrected chi connectivity index (χ1v) is 7.75. The van der Waals surface area contributed by atoms with Crippen LogP contribution < -0.4 is 5.32 Å². The van der Waals surface area contributed by atoms with Crippen LogP contribution in [0.1, 0.15) is 28.7 Å². The highest BCUT2D eigenvalue weighted by molar-refractivity contribution is 9.10. The lowest BCUT2D eigenvalue weighted by molar-refractivity contribution is 0.173. The second kappa shape index (κ2) is 6.08. The molecule has 1 aliphatic rings. The van der Waals surface area contributed by atoms with Gasteiger partial charge in [-0.15, -0.1) is 0 Å². The van der Waals surface area contributed by atoms with Gasteiger partial charge >= 0.3 is 0 Å². The first kappa shape index (κ1) is 13.8. The van der Waals surface area contributed by atoms with Crippen LogP contribution in [0, 0.1) is 0 Å². The van der Waals surface area contributed by atoms with Crippen molar-refractivity contribution in [2.75, 3.05) is 13.1 Å². The number of hydrogen-bond acceptors (Lipinski definition) is 2. The standard InChI is InChI=1S/C17H18BrNO/c18-15-6-3-5-13(9-15)17(20)11-19-10-14-8-12-4-1-2-7-16(12)14/h1-7,9,14,17,19-20H,8,10-11H2. The first-order chi connectivity index (χ1) is 9.74. The fourth-order valence-corrected chi connectivity index (χ4v) is 3.19. The number of aliphatic hydroxyl groups is 1. The molecule has 0 heterocycles. The number of nitrogens with one attached hydrogen (secondary N) is 1. The largest absolute Gasteiger partial charge is 0.387 e. The predicted octanol–water partition coefficient (Wildman–Crippen LogP) is 3.41. The molecule has 0 aliphatic heterocycles. The van der Waals surface area contributed by atoms with E-state index in [1.807, 2.05) is 24.3 Å². The lowest BCUT2D eigenvalue weighted by atomic mass is 9.77. The highest BCUT2D eigenvalue weighted by atomic mass is 79.9. The smallest absolute Gasteiger partial charge is 0.0914 e. The Balaban J connectivity index is 1.49. The quantitative estimate of drug-likeness (QED) is 0.879. The molecule has 0 saturated heterocycles. The summed E-state index contributed by atoms with van der Waals surface area (Å²) in [5, 5.41) is 13.5. The summed E-state index contributed by atoms with van der Waals surface area (Å²) < 4.78 is 1.00. The molecule has 3 rings (SSSR count). The topological polar surface area (TPSA) is 32.3 Å². The van der Waals surface area contributed by atoms with E-state index < -0.39 is 6.10 Å². The summed E-state index contributed by atoms with van der Waals surface area (Å²) in [7, 11) is 0. The molecule has 2 N–H and O–H groups in total. The molecule has 2 unspecified atom stereocenters. The van der Waals surface area contributed by atoms with Crippen molar-refractivity contribution >= 4 is 15.9 Å². The van der Waals surface area contributed by atoms with Crippen molar-refractivity contribution in [3.8, 4) is 0 Å². The molecular weight excluding hydrogens is 314 g/mol. The summed E-state index contributed by atoms with van der Waals surface area (Å²) >= 11 is 3.43. The fourth-order valence-electron chi connectivity index (χ4n) is 2.77. The van der Waals surface area contributed by atoms with Crippen molar-refractivity contribution in [1.29, 1.82) is 0 Å². The minimum atomic E-state index is -0.456. The molecule has 104 valence electrons. The number of fused-ring (bicyclic) bond motifs is 1. The highest BCUT2D eigenvalue weighted by Gasteiger charge is 2.24. The van der Waals surface area contributed by atoms with Crippen molar-refractivity contribution in [3.05, 3.63) is 69.7 Å². The summed E-state index contributed by atoms with van der Waals surface area (Å²) in [5.41, 5.74) is 3.87. The molecular formula is C17H18BrNO. The van der Waals surface area contributed by atoms with Gasteiger partial charge in [0.25, 0.3) is 0 Å². The maximum Gasteiger partial charge on any atom is 0.0914 e. The van der Waals surface area contributed by atoms with Gasteiger partial charge in [-0.05, 0) is 35.2 Å². The van der Waals surface area contributed by atoms with Gasteiger partial charge < -0.3 is 10.4 Å². The van der Waals surface area contributed by atoms with Crippen LogP contribution in [0.2, 0.25) is 0 Å². The predicted molar refractivity (Wildman–Crippen MR) is 84.9 cm³/mol. The van der Waals surface area contributed by atoms with Gasteiger partial charge in [-0.25, -0.2) is 0 Å². The maximum absolute atomic E-state index is 10.2. The Labute approximate surface area is 128 Å². The third-order valence-corrected chi connectivity index (χ3v) is 4.42. The summed E-state index contributed by atoms with van der Waals surface area (Å²) in [5.74, 6) is 0.598. The molecule has 0 radical (unpaired) electrons. The van der Waals surface area contributed by atoms with Crippen LogP contribution in [0.4, 0.5) is 0 Å². The Hall–Kier alpha value is -1.16. The van der Waals surface area contributed by atoms with Gasteiger partial charge in [-0.3, -0.25) is 0 Å². The molecule has 0 spiro atoms. The van der Waals surface area contributed by atoms with E-state index in [-0.39, 0.29) is 0 Å². The Morgan fingerprint density at radius 1 is 1.20 bits per heavy atom. The van der Waals surface area contributed by atoms with E-state index in [9.17, 15) is 5.11 Å². The van der Waals surface area contributed by atoms with E-state index in [0.717, 1.165) is 23.0 Å². The zero-order chi connectivity index (χ0) is 13.9. The van der Waals surface area contributed by atoms with Gasteiger partial charge in [-0.1, -0.05) is 52.3 Å². The van der Waals surface area contributed by atoms with E-state index in [1.165, 1.54) is 11.1 Å². The molecule has 0 bridgehead atoms. The molecule has 0 fully saturated rings. The number of halogens is 1. The van der Waals surface area contributed by atoms with Crippen LogP contribution in [0.3, 0.4) is 0 Å². The Kier molecular flexibility index (Phi) is 4.20. The normalized spacial score (nSPS) is 18.2. The van der Waals surface area contributed by atoms with Gasteiger partial charge in [0.1, 0.15) is 0 Å². The van der Waals surface area contributed by atoms with Gasteiger partial charge in [0.05, 0.1) is 6.10 Å². The van der Waals surface area contributed by atoms with Gasteiger partial charge in [-0.2, -0.15) is 0 Å². The lowest BCUT2D eigenvalue weighted by Gasteiger charge is -2.30. The van der Waals surface area contributed by atoms with Gasteiger partial charge in [0.15, 0.2) is 0 Å². The SMILES string of the molecule is OC(CNCC1Cc2ccccc21)c1cccc(Br)c1. The van der Waals surface area contributed by atoms with Gasteiger partial charge in [0.2, 0.25) is 0 Å². The molecule has 3 heteroatoms. The maximum atomic E-state index is 10.2. The summed E-state index contributed by atoms with van der Waals surface area (Å²) in [4.78, 5) is 0. The number of benzene rings is 2. The minimum absolute atomic E-state index is 0.456. The average molecular weight is 332 g/mol. The van der Waals surface area contributed by atoms with Crippen LogP contribution in [0.15, 0.2) is 53.0 Å². The van der Waals surface area contributed by atoms with Crippen LogP contribution in [-0.4, -0.2) is 18.2 Å². The molecule has 0 amide bonds. The van der Waals surface area contributed by atoms with Crippen molar-refractivity contribution in [3.63, 3.8) is 0 Å². The van der Waals surface area contributed by atoms with Crippen molar-refractivity contribution < 1.29 is 5.11 Å². The Morgan fingerprint density at radius 3 is 2.85 bits per heavy atom. The van der Waals surface area contributed by atoms with E-state index >= 15 is 0 Å². The van der Waals surface area contributed by atoms with Crippen LogP contribution in [0.25, 0.3) is 0 Å². The summed E-state index contributed by atoms with van der Waals surface area (Å²) in [6.07, 6.45) is 0.693. The molecule has 2 aromatic rings. The zero-order valence-electron chi connectivity index (χ0n) is 11.2. The fraction of sp³-hybridized carbons (Fsp3) is 0.294. The van der Waals surface area contributed by atoms with Crippen molar-refractivity contribution in [2.24, 2.45) is 0 Å². The summed E-state index contributed by atoms with van der Waals surface area (Å²) in [6.45, 7) is 1.52. The lowest BCUT2D eigenvalue weighted by Crippen LogP contribution is -2.31. The third-order valence-electron chi connectivity index (χ3n) is 3.92. The molecule has 2 atom stereocenters. The van der Waals surface area contributed by atoms with Crippen molar-refractivity contribution in [2.45, 2.75) is 18.4 Å². The van der Waals surface area contributed by atoms with Crippen LogP contribution in [-0.2, 0) is 6.42 Å². The molecule has 0 aromatic heterocycles. The zero-order valence-corrected chi connectivity index (χ0v) is 12.8. The summed E-state index contributed by atoms with van der Waals surface area (Å²) in [6, 6.07) is 16.4. The average Bonchev–Trinajstić information content (AvgIpc) is 2.43. The minimum Gasteiger partial charge on any atom is -0.387 e. The highest BCUT2D eigenvalue weighted by Crippen LogP contribution is 2.34. The van der Waals surface area contributed by atoms with Gasteiger partial charge in [0, 0.05) is 23.5 Å². The van der Waals surface area contributed by atoms with Crippen molar-refractivity contribution in [1.82, 2.24) is 5.32 Å². The third kappa shape index (κ3) is 2.95. The molecule has 20 heavy (non-hydrogen) atoms. The first-order valence-electron chi connectivity index (χ1n) is 6.96. The van der Waals surface area contributed by atoms with E-state index in [2.05, 4.69) is 45.5 Å². The number of hydrogen-bond donors (Lipinski definition) is 2. The Morgan fingerprint density at radius 2 is 2.05 bits per heavy atom. The van der Waals surface area contributed by atoms with E-state index in [4.69, 9.17) is 0 Å². The Bertz CT molecular complexity index is 599. The van der Waals surface area contributed by atoms with E-state index in [0.29, 0.717) is 12.5 Å². The second-order valence-corrected chi connectivity index (χ2v) is 6.24. The van der Waals surface area contributed by atoms with Crippen LogP contribution >= 0.6 is 15.9 Å². The van der Waals surface area contributed by atoms with Crippen LogP contribution in [0.5, 0.6) is 0 Å². The van der Waals surface area contributed by atoms with E-state index in [1.54, 1.807) is 0 Å². The molecule has 0 saturated carbocycles. The molecule has 1 aliphatic carbocycles.